The molecule has 2 heterocycles. The number of aromatic nitrogens is 3. The first-order valence-electron chi connectivity index (χ1n) is 14.3. The van der Waals surface area contributed by atoms with E-state index in [0.29, 0.717) is 36.2 Å². The Morgan fingerprint density at radius 3 is 2.29 bits per heavy atom. The third-order valence-electron chi connectivity index (χ3n) is 7.94. The summed E-state index contributed by atoms with van der Waals surface area (Å²) in [7, 11) is -3.22. The highest BCUT2D eigenvalue weighted by Crippen LogP contribution is 2.37. The van der Waals surface area contributed by atoms with E-state index in [4.69, 9.17) is 25.7 Å². The van der Waals surface area contributed by atoms with E-state index < -0.39 is 16.4 Å². The van der Waals surface area contributed by atoms with Crippen LogP contribution < -0.4 is 0 Å². The molecule has 0 aliphatic heterocycles. The van der Waals surface area contributed by atoms with Gasteiger partial charge in [0.25, 0.3) is 0 Å². The Morgan fingerprint density at radius 2 is 1.63 bits per heavy atom. The summed E-state index contributed by atoms with van der Waals surface area (Å²) in [5.74, 6) is 0.254. The van der Waals surface area contributed by atoms with E-state index in [9.17, 15) is 4.79 Å². The van der Waals surface area contributed by atoms with Crippen LogP contribution in [0.1, 0.15) is 48.2 Å². The van der Waals surface area contributed by atoms with Crippen molar-refractivity contribution in [1.29, 1.82) is 0 Å². The van der Waals surface area contributed by atoms with Gasteiger partial charge in [-0.2, -0.15) is 0 Å². The fraction of sp³-hybridized carbons (Fsp3) is 0.438. The number of benzene rings is 2. The van der Waals surface area contributed by atoms with E-state index in [1.807, 2.05) is 65.5 Å². The molecule has 2 aromatic heterocycles. The van der Waals surface area contributed by atoms with Gasteiger partial charge in [0, 0.05) is 49.5 Å². The lowest BCUT2D eigenvalue weighted by atomic mass is 10.1. The van der Waals surface area contributed by atoms with Crippen LogP contribution in [0, 0.1) is 0 Å². The molecule has 0 radical (unpaired) electrons. The Balaban J connectivity index is 1.66. The van der Waals surface area contributed by atoms with Crippen LogP contribution in [-0.4, -0.2) is 42.9 Å². The van der Waals surface area contributed by atoms with Gasteiger partial charge in [0.2, 0.25) is 5.78 Å². The molecule has 0 aliphatic carbocycles. The summed E-state index contributed by atoms with van der Waals surface area (Å²) < 4.78 is 16.5. The Hall–Kier alpha value is -2.50. The van der Waals surface area contributed by atoms with Gasteiger partial charge in [-0.15, -0.1) is 0 Å². The average molecular weight is 610 g/mol. The van der Waals surface area contributed by atoms with Crippen molar-refractivity contribution in [3.05, 3.63) is 88.6 Å². The number of imidazole rings is 1. The molecular formula is C32H44ClN3O3Si2. The summed E-state index contributed by atoms with van der Waals surface area (Å²) in [6.45, 7) is 20.1. The second-order valence-corrected chi connectivity index (χ2v) is 24.4. The van der Waals surface area contributed by atoms with Crippen LogP contribution in [0.4, 0.5) is 0 Å². The minimum Gasteiger partial charge on any atom is -0.411 e. The molecule has 4 aromatic rings. The van der Waals surface area contributed by atoms with Crippen LogP contribution in [0.25, 0.3) is 10.9 Å². The number of ether oxygens (including phenoxy) is 1. The minimum absolute atomic E-state index is 0.0834. The molecule has 0 N–H and O–H groups in total. The van der Waals surface area contributed by atoms with E-state index in [1.54, 1.807) is 0 Å². The van der Waals surface area contributed by atoms with E-state index in [-0.39, 0.29) is 17.6 Å². The lowest BCUT2D eigenvalue weighted by Crippen LogP contribution is -2.40. The molecule has 220 valence electrons. The Bertz CT molecular complexity index is 1500. The first-order chi connectivity index (χ1) is 19.1. The van der Waals surface area contributed by atoms with Gasteiger partial charge < -0.3 is 18.3 Å². The van der Waals surface area contributed by atoms with Crippen molar-refractivity contribution in [3.8, 4) is 0 Å². The summed E-state index contributed by atoms with van der Waals surface area (Å²) in [5, 5.41) is 1.69. The highest BCUT2D eigenvalue weighted by atomic mass is 35.5. The predicted octanol–water partition coefficient (Wildman–Crippen LogP) is 8.60. The van der Waals surface area contributed by atoms with Crippen molar-refractivity contribution in [2.24, 2.45) is 0 Å². The van der Waals surface area contributed by atoms with Gasteiger partial charge in [-0.25, -0.2) is 4.98 Å². The van der Waals surface area contributed by atoms with Gasteiger partial charge in [0.05, 0.1) is 17.9 Å². The molecule has 2 aromatic carbocycles. The van der Waals surface area contributed by atoms with Crippen LogP contribution in [0.15, 0.2) is 60.9 Å². The van der Waals surface area contributed by atoms with Gasteiger partial charge in [-0.3, -0.25) is 4.79 Å². The van der Waals surface area contributed by atoms with Crippen molar-refractivity contribution < 1.29 is 14.0 Å². The van der Waals surface area contributed by atoms with E-state index in [1.165, 1.54) is 0 Å². The number of rotatable bonds is 12. The summed E-state index contributed by atoms with van der Waals surface area (Å²) >= 11 is 6.10. The van der Waals surface area contributed by atoms with Crippen LogP contribution in [0.2, 0.25) is 48.8 Å². The van der Waals surface area contributed by atoms with Gasteiger partial charge in [0.1, 0.15) is 6.73 Å². The second kappa shape index (κ2) is 12.4. The molecule has 0 aliphatic rings. The highest BCUT2D eigenvalue weighted by Gasteiger charge is 2.37. The molecule has 0 unspecified atom stereocenters. The van der Waals surface area contributed by atoms with Crippen molar-refractivity contribution in [2.75, 3.05) is 6.61 Å². The maximum Gasteiger partial charge on any atom is 0.230 e. The van der Waals surface area contributed by atoms with Crippen molar-refractivity contribution in [1.82, 2.24) is 14.1 Å². The molecule has 41 heavy (non-hydrogen) atoms. The van der Waals surface area contributed by atoms with Crippen molar-refractivity contribution in [3.63, 3.8) is 0 Å². The van der Waals surface area contributed by atoms with E-state index in [2.05, 4.69) is 58.1 Å². The quantitative estimate of drug-likeness (QED) is 0.0916. The molecule has 0 bridgehead atoms. The summed E-state index contributed by atoms with van der Waals surface area (Å²) in [6.07, 6.45) is 3.86. The maximum atomic E-state index is 14.2. The summed E-state index contributed by atoms with van der Waals surface area (Å²) in [4.78, 5) is 19.0. The molecule has 4 rings (SSSR count). The standard InChI is InChI=1S/C32H44ClN3O3Si2/c1-32(2,3)41(7,8)39-22-26-20-36(23-38-17-18-40(4,5)6)31(34-26)30(37)28-21-35(29-12-10-9-11-27(28)29)19-24-13-15-25(33)16-14-24/h9-16,20-21H,17-19,22-23H2,1-8H3. The van der Waals surface area contributed by atoms with Crippen LogP contribution in [-0.2, 0) is 29.0 Å². The smallest absolute Gasteiger partial charge is 0.230 e. The molecular weight excluding hydrogens is 566 g/mol. The predicted molar refractivity (Wildman–Crippen MR) is 174 cm³/mol. The highest BCUT2D eigenvalue weighted by molar-refractivity contribution is 6.76. The van der Waals surface area contributed by atoms with Crippen LogP contribution in [0.3, 0.4) is 0 Å². The number of ketones is 1. The van der Waals surface area contributed by atoms with Gasteiger partial charge in [-0.1, -0.05) is 82.3 Å². The fourth-order valence-electron chi connectivity index (χ4n) is 4.30. The zero-order valence-electron chi connectivity index (χ0n) is 25.8. The minimum atomic E-state index is -1.99. The normalized spacial score (nSPS) is 12.8. The summed E-state index contributed by atoms with van der Waals surface area (Å²) in [6, 6.07) is 16.9. The average Bonchev–Trinajstić information content (AvgIpc) is 3.47. The van der Waals surface area contributed by atoms with Crippen molar-refractivity contribution >= 4 is 44.7 Å². The van der Waals surface area contributed by atoms with Crippen molar-refractivity contribution in [2.45, 2.75) is 84.5 Å². The molecule has 0 amide bonds. The third-order valence-corrected chi connectivity index (χ3v) is 14.4. The lowest BCUT2D eigenvalue weighted by Gasteiger charge is -2.35. The van der Waals surface area contributed by atoms with Crippen LogP contribution in [0.5, 0.6) is 0 Å². The van der Waals surface area contributed by atoms with E-state index >= 15 is 0 Å². The van der Waals surface area contributed by atoms with Crippen LogP contribution >= 0.6 is 11.6 Å². The number of hydrogen-bond donors (Lipinski definition) is 0. The molecule has 0 fully saturated rings. The topological polar surface area (TPSA) is 58.3 Å². The first-order valence-corrected chi connectivity index (χ1v) is 21.3. The number of fused-ring (bicyclic) bond motifs is 1. The van der Waals surface area contributed by atoms with Gasteiger partial charge >= 0.3 is 0 Å². The first kappa shape index (κ1) is 31.4. The molecule has 9 heteroatoms. The second-order valence-electron chi connectivity index (χ2n) is 13.6. The SMILES string of the molecule is CC(C)(C)[Si](C)(C)OCc1cn(COCC[Si](C)(C)C)c(C(=O)c2cn(Cc3ccc(Cl)cc3)c3ccccc23)n1. The zero-order valence-corrected chi connectivity index (χ0v) is 28.5. The number of carbonyl (C=O) groups is 1. The summed E-state index contributed by atoms with van der Waals surface area (Å²) in [5.41, 5.74) is 3.48. The maximum absolute atomic E-state index is 14.2. The number of nitrogens with zero attached hydrogens (tertiary/aromatic N) is 3. The molecule has 6 nitrogen and oxygen atoms in total. The lowest BCUT2D eigenvalue weighted by molar-refractivity contribution is 0.0812. The number of halogens is 1. The zero-order chi connectivity index (χ0) is 30.0. The molecule has 0 saturated carbocycles. The Morgan fingerprint density at radius 1 is 0.951 bits per heavy atom. The monoisotopic (exact) mass is 609 g/mol. The fourth-order valence-corrected chi connectivity index (χ4v) is 6.12. The molecule has 0 spiro atoms. The molecule has 0 saturated heterocycles. The largest absolute Gasteiger partial charge is 0.411 e. The number of para-hydroxylation sites is 1. The number of carbonyl (C=O) groups excluding carboxylic acids is 1. The van der Waals surface area contributed by atoms with E-state index in [0.717, 1.165) is 28.2 Å². The Kier molecular flexibility index (Phi) is 9.50. The van der Waals surface area contributed by atoms with Gasteiger partial charge in [-0.05, 0) is 47.9 Å². The molecule has 0 atom stereocenters. The third kappa shape index (κ3) is 7.87. The van der Waals surface area contributed by atoms with Gasteiger partial charge in [0.15, 0.2) is 14.1 Å². The number of hydrogen-bond acceptors (Lipinski definition) is 4. The Labute approximate surface area is 251 Å².